The number of carbonyl (C=O) groups excluding carboxylic acids is 3. The van der Waals surface area contributed by atoms with Crippen molar-refractivity contribution in [3.05, 3.63) is 29.8 Å². The second kappa shape index (κ2) is 12.9. The van der Waals surface area contributed by atoms with Crippen LogP contribution in [0.5, 0.6) is 5.75 Å². The molecule has 1 aromatic rings. The average Bonchev–Trinajstić information content (AvgIpc) is 3.40. The third kappa shape index (κ3) is 6.67. The van der Waals surface area contributed by atoms with E-state index in [1.54, 1.807) is 0 Å². The number of nitrogens with zero attached hydrogens (tertiary/aromatic N) is 3. The zero-order valence-corrected chi connectivity index (χ0v) is 22.4. The van der Waals surface area contributed by atoms with Gasteiger partial charge in [0, 0.05) is 51.2 Å². The van der Waals surface area contributed by atoms with E-state index in [9.17, 15) is 14.4 Å². The highest BCUT2D eigenvalue weighted by molar-refractivity contribution is 5.84. The van der Waals surface area contributed by atoms with Gasteiger partial charge in [-0.2, -0.15) is 0 Å². The molecule has 38 heavy (non-hydrogen) atoms. The molecule has 4 heterocycles. The number of piperidine rings is 1. The standard InChI is InChI=1S/C29H42N4O5/c34-27(21-31-11-2-1-3-12-31)32-13-5-10-30-28(35)26-20-33(29(36)22-8-15-37-16-9-22)19-25(26)23-6-4-7-24(18-23)38-17-14-32/h4,6-7,18,22,25-26H,1-3,5,8-17,19-21H2,(H,30,35)/t25-,26+/m1/s1. The van der Waals surface area contributed by atoms with E-state index in [1.807, 2.05) is 34.1 Å². The van der Waals surface area contributed by atoms with Gasteiger partial charge in [-0.25, -0.2) is 0 Å². The van der Waals surface area contributed by atoms with Crippen LogP contribution in [0.15, 0.2) is 24.3 Å². The Labute approximate surface area is 225 Å². The number of nitrogens with one attached hydrogen (secondary N) is 1. The van der Waals surface area contributed by atoms with Crippen LogP contribution in [-0.2, 0) is 19.1 Å². The van der Waals surface area contributed by atoms with Gasteiger partial charge in [-0.1, -0.05) is 18.6 Å². The smallest absolute Gasteiger partial charge is 0.236 e. The summed E-state index contributed by atoms with van der Waals surface area (Å²) in [4.78, 5) is 45.8. The van der Waals surface area contributed by atoms with Gasteiger partial charge in [0.25, 0.3) is 0 Å². The van der Waals surface area contributed by atoms with Gasteiger partial charge in [-0.05, 0) is 62.9 Å². The summed E-state index contributed by atoms with van der Waals surface area (Å²) < 4.78 is 11.5. The summed E-state index contributed by atoms with van der Waals surface area (Å²) in [6.45, 7) is 6.64. The Hall–Kier alpha value is -2.65. The summed E-state index contributed by atoms with van der Waals surface area (Å²) in [6.07, 6.45) is 5.72. The number of hydrogen-bond acceptors (Lipinski definition) is 6. The molecule has 3 amide bonds. The first-order valence-electron chi connectivity index (χ1n) is 14.5. The molecule has 1 aromatic carbocycles. The lowest BCUT2D eigenvalue weighted by Gasteiger charge is -2.30. The quantitative estimate of drug-likeness (QED) is 0.647. The van der Waals surface area contributed by atoms with Crippen molar-refractivity contribution in [2.24, 2.45) is 11.8 Å². The van der Waals surface area contributed by atoms with Crippen LogP contribution in [0.25, 0.3) is 0 Å². The fraction of sp³-hybridized carbons (Fsp3) is 0.690. The largest absolute Gasteiger partial charge is 0.492 e. The molecule has 9 heteroatoms. The van der Waals surface area contributed by atoms with Crippen molar-refractivity contribution in [1.29, 1.82) is 0 Å². The van der Waals surface area contributed by atoms with Gasteiger partial charge in [-0.15, -0.1) is 0 Å². The molecule has 2 bridgehead atoms. The van der Waals surface area contributed by atoms with E-state index in [-0.39, 0.29) is 35.5 Å². The van der Waals surface area contributed by atoms with Crippen molar-refractivity contribution in [3.63, 3.8) is 0 Å². The van der Waals surface area contributed by atoms with Crippen molar-refractivity contribution in [1.82, 2.24) is 20.0 Å². The highest BCUT2D eigenvalue weighted by Gasteiger charge is 2.42. The molecular weight excluding hydrogens is 484 g/mol. The second-order valence-corrected chi connectivity index (χ2v) is 11.1. The molecule has 0 aliphatic carbocycles. The zero-order chi connectivity index (χ0) is 26.3. The van der Waals surface area contributed by atoms with Crippen LogP contribution in [0.2, 0.25) is 0 Å². The van der Waals surface area contributed by atoms with Crippen molar-refractivity contribution >= 4 is 17.7 Å². The Morgan fingerprint density at radius 3 is 2.50 bits per heavy atom. The first-order valence-corrected chi connectivity index (χ1v) is 14.5. The van der Waals surface area contributed by atoms with Gasteiger partial charge in [0.05, 0.1) is 19.0 Å². The van der Waals surface area contributed by atoms with Crippen molar-refractivity contribution < 1.29 is 23.9 Å². The maximum Gasteiger partial charge on any atom is 0.236 e. The summed E-state index contributed by atoms with van der Waals surface area (Å²) in [5, 5.41) is 3.12. The zero-order valence-electron chi connectivity index (χ0n) is 22.4. The molecule has 9 nitrogen and oxygen atoms in total. The van der Waals surface area contributed by atoms with E-state index in [0.717, 1.165) is 50.1 Å². The lowest BCUT2D eigenvalue weighted by atomic mass is 9.88. The minimum Gasteiger partial charge on any atom is -0.492 e. The maximum atomic E-state index is 13.4. The number of carbonyl (C=O) groups is 3. The van der Waals surface area contributed by atoms with Crippen molar-refractivity contribution in [2.45, 2.75) is 44.4 Å². The molecule has 0 aromatic heterocycles. The van der Waals surface area contributed by atoms with E-state index in [0.29, 0.717) is 65.5 Å². The molecule has 0 unspecified atom stereocenters. The van der Waals surface area contributed by atoms with Crippen molar-refractivity contribution in [2.75, 3.05) is 72.2 Å². The summed E-state index contributed by atoms with van der Waals surface area (Å²) in [5.41, 5.74) is 1.01. The number of ether oxygens (including phenoxy) is 2. The molecule has 1 N–H and O–H groups in total. The number of rotatable bonds is 3. The highest BCUT2D eigenvalue weighted by Crippen LogP contribution is 2.36. The van der Waals surface area contributed by atoms with Crippen LogP contribution >= 0.6 is 0 Å². The number of benzene rings is 1. The average molecular weight is 527 g/mol. The molecule has 0 saturated carbocycles. The molecule has 4 aliphatic heterocycles. The molecular formula is C29H42N4O5. The Balaban J connectivity index is 1.27. The Morgan fingerprint density at radius 2 is 1.68 bits per heavy atom. The van der Waals surface area contributed by atoms with E-state index in [1.165, 1.54) is 6.42 Å². The highest BCUT2D eigenvalue weighted by atomic mass is 16.5. The van der Waals surface area contributed by atoms with Crippen LogP contribution in [0.1, 0.15) is 50.0 Å². The minimum atomic E-state index is -0.311. The molecule has 3 fully saturated rings. The van der Waals surface area contributed by atoms with Crippen LogP contribution < -0.4 is 10.1 Å². The third-order valence-corrected chi connectivity index (χ3v) is 8.52. The van der Waals surface area contributed by atoms with Crippen LogP contribution in [0.3, 0.4) is 0 Å². The van der Waals surface area contributed by atoms with E-state index in [4.69, 9.17) is 9.47 Å². The lowest BCUT2D eigenvalue weighted by Crippen LogP contribution is -2.45. The molecule has 5 rings (SSSR count). The minimum absolute atomic E-state index is 0.0214. The van der Waals surface area contributed by atoms with Crippen molar-refractivity contribution in [3.8, 4) is 5.75 Å². The lowest BCUT2D eigenvalue weighted by molar-refractivity contribution is -0.137. The molecule has 208 valence electrons. The second-order valence-electron chi connectivity index (χ2n) is 11.1. The Bertz CT molecular complexity index is 975. The van der Waals surface area contributed by atoms with Crippen LogP contribution in [-0.4, -0.2) is 105 Å². The van der Waals surface area contributed by atoms with Gasteiger partial charge < -0.3 is 24.6 Å². The van der Waals surface area contributed by atoms with Crippen LogP contribution in [0, 0.1) is 11.8 Å². The number of likely N-dealkylation sites (tertiary alicyclic amines) is 2. The maximum absolute atomic E-state index is 13.4. The van der Waals surface area contributed by atoms with E-state index in [2.05, 4.69) is 10.2 Å². The molecule has 4 aliphatic rings. The number of fused-ring (bicyclic) bond motifs is 4. The van der Waals surface area contributed by atoms with Gasteiger partial charge in [0.15, 0.2) is 0 Å². The SMILES string of the molecule is O=C1NCCCN(C(=O)CN2CCCCC2)CCOc2cccc(c2)[C@H]2CN(C(=O)C3CCOCC3)C[C@H]12. The predicted molar refractivity (Wildman–Crippen MR) is 143 cm³/mol. The summed E-state index contributed by atoms with van der Waals surface area (Å²) in [5.74, 6) is 0.566. The molecule has 0 spiro atoms. The first kappa shape index (κ1) is 26.9. The van der Waals surface area contributed by atoms with Gasteiger partial charge in [0.1, 0.15) is 12.4 Å². The van der Waals surface area contributed by atoms with Gasteiger partial charge >= 0.3 is 0 Å². The third-order valence-electron chi connectivity index (χ3n) is 8.52. The molecule has 3 saturated heterocycles. The number of amides is 3. The fourth-order valence-electron chi connectivity index (χ4n) is 6.28. The topological polar surface area (TPSA) is 91.4 Å². The monoisotopic (exact) mass is 526 g/mol. The van der Waals surface area contributed by atoms with E-state index >= 15 is 0 Å². The summed E-state index contributed by atoms with van der Waals surface area (Å²) >= 11 is 0. The predicted octanol–water partition coefficient (Wildman–Crippen LogP) is 1.87. The molecule has 0 radical (unpaired) electrons. The Morgan fingerprint density at radius 1 is 0.895 bits per heavy atom. The van der Waals surface area contributed by atoms with Gasteiger partial charge in [-0.3, -0.25) is 19.3 Å². The molecule has 2 atom stereocenters. The number of hydrogen-bond donors (Lipinski definition) is 1. The summed E-state index contributed by atoms with van der Waals surface area (Å²) in [6, 6.07) is 7.90. The normalized spacial score (nSPS) is 26.2. The van der Waals surface area contributed by atoms with Crippen LogP contribution in [0.4, 0.5) is 0 Å². The summed E-state index contributed by atoms with van der Waals surface area (Å²) in [7, 11) is 0. The van der Waals surface area contributed by atoms with Gasteiger partial charge in [0.2, 0.25) is 17.7 Å². The Kier molecular flexibility index (Phi) is 9.17. The first-order chi connectivity index (χ1) is 18.6. The van der Waals surface area contributed by atoms with E-state index < -0.39 is 0 Å². The fourth-order valence-corrected chi connectivity index (χ4v) is 6.28.